The third-order valence-electron chi connectivity index (χ3n) is 5.82. The molecule has 0 amide bonds. The molecule has 0 aliphatic carbocycles. The normalized spacial score (nSPS) is 15.9. The highest BCUT2D eigenvalue weighted by Gasteiger charge is 2.26. The van der Waals surface area contributed by atoms with Crippen LogP contribution in [0.5, 0.6) is 5.75 Å². The quantitative estimate of drug-likeness (QED) is 0.693. The van der Waals surface area contributed by atoms with Crippen LogP contribution >= 0.6 is 0 Å². The van der Waals surface area contributed by atoms with Crippen LogP contribution < -0.4 is 14.4 Å². The van der Waals surface area contributed by atoms with E-state index < -0.39 is 10.0 Å². The van der Waals surface area contributed by atoms with Crippen molar-refractivity contribution in [3.8, 4) is 5.75 Å². The van der Waals surface area contributed by atoms with Gasteiger partial charge in [-0.05, 0) is 80.7 Å². The molecule has 1 N–H and O–H groups in total. The van der Waals surface area contributed by atoms with Gasteiger partial charge in [0.15, 0.2) is 0 Å². The standard InChI is InChI=1S/C23H33N3O3S/c1-17-15-23(18(2)14-22(17)29-5)30(27,28)24-16-21(26-12-6-7-13-26)19-8-10-20(11-9-19)25(3)4/h8-11,14-15,21,24H,6-7,12-13,16H2,1-5H3. The molecule has 30 heavy (non-hydrogen) atoms. The fourth-order valence-corrected chi connectivity index (χ4v) is 5.39. The van der Waals surface area contributed by atoms with E-state index in [1.807, 2.05) is 21.0 Å². The summed E-state index contributed by atoms with van der Waals surface area (Å²) in [4.78, 5) is 4.75. The maximum Gasteiger partial charge on any atom is 0.240 e. The Hall–Kier alpha value is -2.09. The Morgan fingerprint density at radius 1 is 1.07 bits per heavy atom. The van der Waals surface area contributed by atoms with Crippen LogP contribution in [0.2, 0.25) is 0 Å². The second-order valence-electron chi connectivity index (χ2n) is 8.18. The fraction of sp³-hybridized carbons (Fsp3) is 0.478. The predicted molar refractivity (Wildman–Crippen MR) is 122 cm³/mol. The molecule has 1 aliphatic heterocycles. The number of rotatable bonds is 8. The number of likely N-dealkylation sites (tertiary alicyclic amines) is 1. The summed E-state index contributed by atoms with van der Waals surface area (Å²) in [5.41, 5.74) is 3.74. The van der Waals surface area contributed by atoms with Crippen LogP contribution in [0, 0.1) is 13.8 Å². The van der Waals surface area contributed by atoms with Crippen molar-refractivity contribution >= 4 is 15.7 Å². The van der Waals surface area contributed by atoms with E-state index in [-0.39, 0.29) is 6.04 Å². The van der Waals surface area contributed by atoms with Crippen LogP contribution in [0.3, 0.4) is 0 Å². The SMILES string of the molecule is COc1cc(C)c(S(=O)(=O)NCC(c2ccc(N(C)C)cc2)N2CCCC2)cc1C. The van der Waals surface area contributed by atoms with Crippen LogP contribution in [0.1, 0.15) is 35.6 Å². The first kappa shape index (κ1) is 22.6. The minimum atomic E-state index is -3.63. The average molecular weight is 432 g/mol. The third kappa shape index (κ3) is 4.96. The Labute approximate surface area is 180 Å². The molecule has 7 heteroatoms. The summed E-state index contributed by atoms with van der Waals surface area (Å²) in [6.45, 7) is 5.98. The van der Waals surface area contributed by atoms with Gasteiger partial charge in [0.25, 0.3) is 0 Å². The second kappa shape index (κ2) is 9.37. The van der Waals surface area contributed by atoms with Gasteiger partial charge in [-0.2, -0.15) is 0 Å². The maximum atomic E-state index is 13.1. The molecule has 3 rings (SSSR count). The average Bonchev–Trinajstić information content (AvgIpc) is 3.24. The minimum absolute atomic E-state index is 0.0122. The van der Waals surface area contributed by atoms with Gasteiger partial charge in [-0.15, -0.1) is 0 Å². The molecule has 0 spiro atoms. The summed E-state index contributed by atoms with van der Waals surface area (Å²) in [7, 11) is 1.99. The van der Waals surface area contributed by atoms with Crippen molar-refractivity contribution < 1.29 is 13.2 Å². The molecule has 1 saturated heterocycles. The number of anilines is 1. The van der Waals surface area contributed by atoms with Crippen LogP contribution in [0.15, 0.2) is 41.3 Å². The molecule has 1 aliphatic rings. The summed E-state index contributed by atoms with van der Waals surface area (Å²) in [5, 5.41) is 0. The first-order valence-corrected chi connectivity index (χ1v) is 11.9. The zero-order chi connectivity index (χ0) is 21.9. The van der Waals surface area contributed by atoms with Gasteiger partial charge in [0.1, 0.15) is 5.75 Å². The van der Waals surface area contributed by atoms with Crippen LogP contribution in [0.25, 0.3) is 0 Å². The molecule has 1 unspecified atom stereocenters. The summed E-state index contributed by atoms with van der Waals surface area (Å²) < 4.78 is 34.4. The van der Waals surface area contributed by atoms with E-state index >= 15 is 0 Å². The van der Waals surface area contributed by atoms with Crippen molar-refractivity contribution in [1.82, 2.24) is 9.62 Å². The van der Waals surface area contributed by atoms with Gasteiger partial charge >= 0.3 is 0 Å². The summed E-state index contributed by atoms with van der Waals surface area (Å²) >= 11 is 0. The smallest absolute Gasteiger partial charge is 0.240 e. The van der Waals surface area contributed by atoms with E-state index in [1.54, 1.807) is 26.2 Å². The van der Waals surface area contributed by atoms with Crippen molar-refractivity contribution in [2.75, 3.05) is 45.7 Å². The van der Waals surface area contributed by atoms with Crippen molar-refractivity contribution in [3.63, 3.8) is 0 Å². The molecule has 1 fully saturated rings. The molecule has 0 aromatic heterocycles. The number of benzene rings is 2. The Morgan fingerprint density at radius 3 is 2.27 bits per heavy atom. The molecule has 1 atom stereocenters. The lowest BCUT2D eigenvalue weighted by Gasteiger charge is -2.28. The van der Waals surface area contributed by atoms with Gasteiger partial charge in [-0.3, -0.25) is 4.90 Å². The Kier molecular flexibility index (Phi) is 7.06. The second-order valence-corrected chi connectivity index (χ2v) is 9.92. The number of aryl methyl sites for hydroxylation is 2. The lowest BCUT2D eigenvalue weighted by Crippen LogP contribution is -2.37. The Bertz CT molecular complexity index is 966. The highest BCUT2D eigenvalue weighted by atomic mass is 32.2. The molecular weight excluding hydrogens is 398 g/mol. The number of ether oxygens (including phenoxy) is 1. The van der Waals surface area contributed by atoms with E-state index in [2.05, 4.69) is 38.8 Å². The summed E-state index contributed by atoms with van der Waals surface area (Å²) in [6.07, 6.45) is 2.30. The topological polar surface area (TPSA) is 61.9 Å². The minimum Gasteiger partial charge on any atom is -0.496 e. The number of hydrogen-bond acceptors (Lipinski definition) is 5. The fourth-order valence-electron chi connectivity index (χ4n) is 4.04. The highest BCUT2D eigenvalue weighted by Crippen LogP contribution is 2.28. The maximum absolute atomic E-state index is 13.1. The number of methoxy groups -OCH3 is 1. The first-order chi connectivity index (χ1) is 14.2. The van der Waals surface area contributed by atoms with Gasteiger partial charge in [-0.1, -0.05) is 12.1 Å². The van der Waals surface area contributed by atoms with Gasteiger partial charge in [-0.25, -0.2) is 13.1 Å². The van der Waals surface area contributed by atoms with Crippen molar-refractivity contribution in [2.45, 2.75) is 37.6 Å². The lowest BCUT2D eigenvalue weighted by atomic mass is 10.1. The van der Waals surface area contributed by atoms with Crippen molar-refractivity contribution in [1.29, 1.82) is 0 Å². The number of hydrogen-bond donors (Lipinski definition) is 1. The molecule has 0 radical (unpaired) electrons. The number of nitrogens with one attached hydrogen (secondary N) is 1. The van der Waals surface area contributed by atoms with Gasteiger partial charge in [0.05, 0.1) is 12.0 Å². The third-order valence-corrected chi connectivity index (χ3v) is 7.39. The first-order valence-electron chi connectivity index (χ1n) is 10.4. The molecule has 6 nitrogen and oxygen atoms in total. The summed E-state index contributed by atoms with van der Waals surface area (Å²) in [5.74, 6) is 0.697. The molecule has 1 heterocycles. The van der Waals surface area contributed by atoms with Gasteiger partial charge in [0.2, 0.25) is 10.0 Å². The van der Waals surface area contributed by atoms with E-state index in [9.17, 15) is 8.42 Å². The molecule has 0 saturated carbocycles. The predicted octanol–water partition coefficient (Wildman–Crippen LogP) is 3.49. The van der Waals surface area contributed by atoms with E-state index in [4.69, 9.17) is 4.74 Å². The van der Waals surface area contributed by atoms with Crippen molar-refractivity contribution in [3.05, 3.63) is 53.1 Å². The monoisotopic (exact) mass is 431 g/mol. The van der Waals surface area contributed by atoms with Gasteiger partial charge < -0.3 is 9.64 Å². The number of nitrogens with zero attached hydrogens (tertiary/aromatic N) is 2. The lowest BCUT2D eigenvalue weighted by molar-refractivity contribution is 0.246. The number of sulfonamides is 1. The van der Waals surface area contributed by atoms with Crippen LogP contribution in [-0.2, 0) is 10.0 Å². The highest BCUT2D eigenvalue weighted by molar-refractivity contribution is 7.89. The largest absolute Gasteiger partial charge is 0.496 e. The van der Waals surface area contributed by atoms with E-state index in [0.29, 0.717) is 22.8 Å². The molecular formula is C23H33N3O3S. The van der Waals surface area contributed by atoms with E-state index in [0.717, 1.165) is 42.7 Å². The zero-order valence-corrected chi connectivity index (χ0v) is 19.4. The van der Waals surface area contributed by atoms with E-state index in [1.165, 1.54) is 0 Å². The van der Waals surface area contributed by atoms with Crippen LogP contribution in [-0.4, -0.2) is 54.2 Å². The van der Waals surface area contributed by atoms with Crippen molar-refractivity contribution in [2.24, 2.45) is 0 Å². The molecule has 2 aromatic carbocycles. The molecule has 0 bridgehead atoms. The summed E-state index contributed by atoms with van der Waals surface area (Å²) in [6, 6.07) is 11.9. The van der Waals surface area contributed by atoms with Gasteiger partial charge in [0, 0.05) is 32.4 Å². The van der Waals surface area contributed by atoms with Crippen LogP contribution in [0.4, 0.5) is 5.69 Å². The Morgan fingerprint density at radius 2 is 1.70 bits per heavy atom. The zero-order valence-electron chi connectivity index (χ0n) is 18.6. The molecule has 164 valence electrons. The molecule has 2 aromatic rings. The Balaban J connectivity index is 1.84.